The van der Waals surface area contributed by atoms with Crippen LogP contribution in [0.5, 0.6) is 23.0 Å². The number of aryl methyl sites for hydroxylation is 1. The molecule has 56 heavy (non-hydrogen) atoms. The van der Waals surface area contributed by atoms with Crippen LogP contribution in [-0.2, 0) is 36.6 Å². The second-order valence-corrected chi connectivity index (χ2v) is 13.6. The van der Waals surface area contributed by atoms with Crippen LogP contribution >= 0.6 is 0 Å². The predicted octanol–water partition coefficient (Wildman–Crippen LogP) is -1.17. The summed E-state index contributed by atoms with van der Waals surface area (Å²) in [5, 5.41) is 106. The van der Waals surface area contributed by atoms with Gasteiger partial charge in [-0.3, -0.25) is 4.79 Å². The number of benzene rings is 2. The molecular weight excluding hydrogens is 746 g/mol. The van der Waals surface area contributed by atoms with Crippen molar-refractivity contribution in [1.82, 2.24) is 4.98 Å². The van der Waals surface area contributed by atoms with E-state index in [-0.39, 0.29) is 40.0 Å². The van der Waals surface area contributed by atoms with Crippen LogP contribution < -0.4 is 10.2 Å². The van der Waals surface area contributed by atoms with Gasteiger partial charge in [0.25, 0.3) is 5.60 Å². The minimum atomic E-state index is -2.95. The Labute approximate surface area is 314 Å². The minimum Gasteiger partial charge on any atom is -0.507 e. The predicted molar refractivity (Wildman–Crippen MR) is 184 cm³/mol. The summed E-state index contributed by atoms with van der Waals surface area (Å²) in [5.74, 6) is -1.24. The van der Waals surface area contributed by atoms with Gasteiger partial charge in [0.05, 0.1) is 6.42 Å². The Bertz CT molecular complexity index is 2340. The number of aliphatic hydroxyl groups is 6. The molecule has 2 fully saturated rings. The maximum atomic E-state index is 13.9. The Morgan fingerprint density at radius 3 is 2.34 bits per heavy atom. The first kappa shape index (κ1) is 38.6. The number of esters is 1. The number of phenols is 3. The second kappa shape index (κ2) is 14.1. The molecule has 2 saturated heterocycles. The minimum absolute atomic E-state index is 0.0690. The Hall–Kier alpha value is -5.69. The van der Waals surface area contributed by atoms with E-state index in [2.05, 4.69) is 16.8 Å². The van der Waals surface area contributed by atoms with Gasteiger partial charge >= 0.3 is 11.9 Å². The molecule has 3 aliphatic heterocycles. The third kappa shape index (κ3) is 6.18. The summed E-state index contributed by atoms with van der Waals surface area (Å²) in [6, 6.07) is 7.59. The number of aliphatic hydroxyl groups excluding tert-OH is 6. The number of rotatable bonds is 7. The van der Waals surface area contributed by atoms with Gasteiger partial charge in [0.2, 0.25) is 18.2 Å². The lowest BCUT2D eigenvalue weighted by atomic mass is 9.83. The smallest absolute Gasteiger partial charge is 0.351 e. The quantitative estimate of drug-likeness (QED) is 0.0598. The molecule has 5 heterocycles. The molecule has 10 unspecified atom stereocenters. The van der Waals surface area contributed by atoms with Crippen LogP contribution in [-0.4, -0.2) is 128 Å². The number of hydrogen-bond acceptors (Lipinski definition) is 17. The highest BCUT2D eigenvalue weighted by Gasteiger charge is 2.64. The Morgan fingerprint density at radius 1 is 0.929 bits per heavy atom. The molecule has 4 aromatic rings. The molecule has 296 valence electrons. The van der Waals surface area contributed by atoms with Crippen molar-refractivity contribution in [2.24, 2.45) is 0 Å². The van der Waals surface area contributed by atoms with E-state index in [1.807, 2.05) is 6.92 Å². The van der Waals surface area contributed by atoms with Gasteiger partial charge in [0, 0.05) is 41.6 Å². The number of phenolic OH excluding ortho intramolecular Hbond substituents is 3. The number of aromatic amines is 1. The topological polar surface area (TPSA) is 319 Å². The third-order valence-electron chi connectivity index (χ3n) is 10.1. The highest BCUT2D eigenvalue weighted by Crippen LogP contribution is 2.43. The zero-order valence-corrected chi connectivity index (χ0v) is 29.0. The number of carbonyl (C=O) groups excluding carboxylic acids is 1. The van der Waals surface area contributed by atoms with Crippen LogP contribution in [0, 0.1) is 11.8 Å². The fourth-order valence-electron chi connectivity index (χ4n) is 6.85. The first-order valence-corrected chi connectivity index (χ1v) is 17.1. The molecule has 7 rings (SSSR count). The Balaban J connectivity index is 1.34. The van der Waals surface area contributed by atoms with E-state index >= 15 is 0 Å². The maximum absolute atomic E-state index is 13.9. The molecule has 19 heteroatoms. The van der Waals surface area contributed by atoms with Crippen LogP contribution in [0.2, 0.25) is 0 Å². The molecule has 2 aromatic heterocycles. The largest absolute Gasteiger partial charge is 0.507 e. The average molecular weight is 782 g/mol. The van der Waals surface area contributed by atoms with Crippen LogP contribution in [0.3, 0.4) is 0 Å². The number of H-pyrrole nitrogens is 1. The number of hydrogen-bond donors (Lipinski definition) is 11. The first-order valence-electron chi connectivity index (χ1n) is 17.1. The van der Waals surface area contributed by atoms with Crippen LogP contribution in [0.15, 0.2) is 51.8 Å². The van der Waals surface area contributed by atoms with Crippen molar-refractivity contribution in [2.45, 2.75) is 86.6 Å². The van der Waals surface area contributed by atoms with Gasteiger partial charge in [-0.05, 0) is 36.2 Å². The summed E-state index contributed by atoms with van der Waals surface area (Å²) in [7, 11) is 0. The number of fused-ring (bicyclic) bond motifs is 3. The Morgan fingerprint density at radius 2 is 1.66 bits per heavy atom. The normalized spacial score (nSPS) is 31.4. The molecule has 10 atom stereocenters. The summed E-state index contributed by atoms with van der Waals surface area (Å²) in [5.41, 5.74) is -5.31. The number of aromatic hydroxyl groups is 3. The summed E-state index contributed by atoms with van der Waals surface area (Å²) in [4.78, 5) is 42.7. The van der Waals surface area contributed by atoms with Crippen LogP contribution in [0.1, 0.15) is 30.2 Å². The summed E-state index contributed by atoms with van der Waals surface area (Å²) in [6.45, 7) is 1.89. The SMILES string of the molecule is CCc1cc(Cc2c(OC3OC4(CC#CC5(C(=O)O)OC(OC4=O)C(O)C(O)C5O)C(O)C(O)C3O)cc3oc(-c4ccc(O)c(O)c4)cc(=O)c3c2O)c[nH]1. The van der Waals surface area contributed by atoms with Crippen molar-refractivity contribution < 1.29 is 84.0 Å². The molecule has 2 aromatic carbocycles. The molecule has 1 spiro atoms. The van der Waals surface area contributed by atoms with E-state index in [4.69, 9.17) is 23.4 Å². The third-order valence-corrected chi connectivity index (χ3v) is 10.1. The van der Waals surface area contributed by atoms with Crippen molar-refractivity contribution >= 4 is 22.9 Å². The fourth-order valence-corrected chi connectivity index (χ4v) is 6.85. The second-order valence-electron chi connectivity index (χ2n) is 13.6. The molecule has 3 aliphatic rings. The summed E-state index contributed by atoms with van der Waals surface area (Å²) < 4.78 is 28.3. The zero-order valence-electron chi connectivity index (χ0n) is 29.0. The molecule has 0 radical (unpaired) electrons. The van der Waals surface area contributed by atoms with Crippen LogP contribution in [0.25, 0.3) is 22.3 Å². The standard InChI is InChI=1S/C37H35NO18/c1-2-16-8-14(13-38-16)9-17-22(12-23-24(25(17)42)20(41)11-21(52-23)15-4-5-18(39)19(40)10-15)53-32-28(45)27(44)31(48)37(56-32)7-3-6-36(34(49)50)30(47)26(43)29(46)33(55-36)54-35(37)51/h4-5,8,10-13,26-33,38-40,42-48H,2,7,9H2,1H3,(H,49,50). The lowest BCUT2D eigenvalue weighted by Crippen LogP contribution is -2.70. The number of carboxylic acids is 1. The molecule has 11 N–H and O–H groups in total. The van der Waals surface area contributed by atoms with Gasteiger partial charge < -0.3 is 79.4 Å². The van der Waals surface area contributed by atoms with Crippen molar-refractivity contribution in [3.63, 3.8) is 0 Å². The van der Waals surface area contributed by atoms with Crippen LogP contribution in [0.4, 0.5) is 0 Å². The summed E-state index contributed by atoms with van der Waals surface area (Å²) >= 11 is 0. The monoisotopic (exact) mass is 781 g/mol. The molecule has 0 amide bonds. The van der Waals surface area contributed by atoms with Gasteiger partial charge in [-0.15, -0.1) is 0 Å². The highest BCUT2D eigenvalue weighted by atomic mass is 16.8. The van der Waals surface area contributed by atoms with E-state index in [1.165, 1.54) is 6.07 Å². The van der Waals surface area contributed by atoms with Gasteiger partial charge in [0.1, 0.15) is 64.9 Å². The lowest BCUT2D eigenvalue weighted by Gasteiger charge is -2.47. The van der Waals surface area contributed by atoms with Crippen molar-refractivity contribution in [2.75, 3.05) is 0 Å². The maximum Gasteiger partial charge on any atom is 0.351 e. The number of carbonyl (C=O) groups is 2. The Kier molecular flexibility index (Phi) is 9.72. The van der Waals surface area contributed by atoms with E-state index in [0.29, 0.717) is 12.0 Å². The van der Waals surface area contributed by atoms with E-state index in [1.54, 1.807) is 12.3 Å². The highest BCUT2D eigenvalue weighted by molar-refractivity contribution is 5.88. The molecular formula is C37H35NO18. The van der Waals surface area contributed by atoms with E-state index < -0.39 is 101 Å². The molecule has 2 bridgehead atoms. The van der Waals surface area contributed by atoms with Gasteiger partial charge in [0.15, 0.2) is 16.9 Å². The van der Waals surface area contributed by atoms with E-state index in [0.717, 1.165) is 30.0 Å². The van der Waals surface area contributed by atoms with Gasteiger partial charge in [-0.2, -0.15) is 0 Å². The van der Waals surface area contributed by atoms with E-state index in [9.17, 15) is 65.4 Å². The molecule has 19 nitrogen and oxygen atoms in total. The fraction of sp³-hybridized carbons (Fsp3) is 0.378. The van der Waals surface area contributed by atoms with Gasteiger partial charge in [-0.25, -0.2) is 9.59 Å². The average Bonchev–Trinajstić information content (AvgIpc) is 3.64. The lowest BCUT2D eigenvalue weighted by molar-refractivity contribution is -0.329. The van der Waals surface area contributed by atoms with Gasteiger partial charge in [-0.1, -0.05) is 18.8 Å². The zero-order chi connectivity index (χ0) is 40.4. The van der Waals surface area contributed by atoms with Crippen molar-refractivity contribution in [3.05, 3.63) is 69.6 Å². The molecule has 0 saturated carbocycles. The number of aliphatic carboxylic acids is 1. The summed E-state index contributed by atoms with van der Waals surface area (Å²) in [6.07, 6.45) is -17.0. The van der Waals surface area contributed by atoms with Crippen molar-refractivity contribution in [3.8, 4) is 46.2 Å². The van der Waals surface area contributed by atoms with Crippen molar-refractivity contribution in [1.29, 1.82) is 0 Å². The number of nitrogens with one attached hydrogen (secondary N) is 1. The number of ether oxygens (including phenoxy) is 4. The first-order chi connectivity index (χ1) is 26.5. The number of carboxylic acid groups (broad SMARTS) is 1. The number of aromatic nitrogens is 1. The molecule has 0 aliphatic carbocycles.